The number of carbonyl (C=O) groups is 8. The van der Waals surface area contributed by atoms with E-state index in [4.69, 9.17) is 5.73 Å². The van der Waals surface area contributed by atoms with E-state index in [0.717, 1.165) is 32.5 Å². The smallest absolute Gasteiger partial charge is 0.245 e. The lowest BCUT2D eigenvalue weighted by atomic mass is 10.0. The third-order valence-electron chi connectivity index (χ3n) is 8.70. The van der Waals surface area contributed by atoms with E-state index in [-0.39, 0.29) is 36.2 Å². The molecule has 2 heterocycles. The number of nitrogens with one attached hydrogen (secondary N) is 8. The number of nitrogens with two attached hydrogens (primary N) is 1. The number of primary amides is 1. The third kappa shape index (κ3) is 13.7. The number of H-pyrrole nitrogens is 1. The van der Waals surface area contributed by atoms with Crippen molar-refractivity contribution in [2.75, 3.05) is 18.1 Å². The van der Waals surface area contributed by atoms with E-state index in [0.29, 0.717) is 5.69 Å². The van der Waals surface area contributed by atoms with E-state index in [9.17, 15) is 43.5 Å². The van der Waals surface area contributed by atoms with Crippen LogP contribution in [-0.4, -0.2) is 118 Å². The zero-order chi connectivity index (χ0) is 41.7. The summed E-state index contributed by atoms with van der Waals surface area (Å²) in [5.41, 5.74) is 7.17. The van der Waals surface area contributed by atoms with Crippen LogP contribution in [0.2, 0.25) is 0 Å². The zero-order valence-corrected chi connectivity index (χ0v) is 33.9. The number of carbonyl (C=O) groups excluding carboxylic acids is 8. The van der Waals surface area contributed by atoms with Gasteiger partial charge in [-0.15, -0.1) is 0 Å². The van der Waals surface area contributed by atoms with Crippen molar-refractivity contribution in [3.8, 4) is 0 Å². The van der Waals surface area contributed by atoms with Gasteiger partial charge in [-0.25, -0.2) is 0 Å². The molecule has 7 atom stereocenters. The molecule has 1 aliphatic heterocycles. The standard InChI is InChI=1S/C36H53N9O9S2/c1-17(2)11-25-32(50)44-27(34(52)41-24(30(37)48)13-22-12-21-9-7-8-10-23(21)40-22)15-55-56-16-28(45-36(54)29(18(3)4)39-20(6)47)35(53)43-26(14-46)33(51)38-19(5)31(49)42-25/h7-10,12,17-19,24-29,40,46H,11,13-16H2,1-6H3,(H2,37,48)(H,38,51)(H,39,47)(H,41,52)(H,42,49)(H,43,53)(H,44,50)(H,45,54)/t19-,24-,25-,26-,27-,28-,29-/m0/s1. The lowest BCUT2D eigenvalue weighted by Crippen LogP contribution is -2.60. The summed E-state index contributed by atoms with van der Waals surface area (Å²) in [5.74, 6) is -6.66. The van der Waals surface area contributed by atoms with Gasteiger partial charge < -0.3 is 53.0 Å². The normalized spacial score (nSPS) is 22.8. The molecule has 0 saturated carbocycles. The molecule has 0 unspecified atom stereocenters. The Morgan fingerprint density at radius 3 is 2.12 bits per heavy atom. The van der Waals surface area contributed by atoms with Crippen LogP contribution in [0.15, 0.2) is 30.3 Å². The van der Waals surface area contributed by atoms with Crippen molar-refractivity contribution in [3.05, 3.63) is 36.0 Å². The highest BCUT2D eigenvalue weighted by Crippen LogP contribution is 2.24. The molecule has 308 valence electrons. The summed E-state index contributed by atoms with van der Waals surface area (Å²) in [6, 6.07) is 0.590. The predicted molar refractivity (Wildman–Crippen MR) is 212 cm³/mol. The molecule has 0 aliphatic carbocycles. The first-order valence-corrected chi connectivity index (χ1v) is 20.7. The zero-order valence-electron chi connectivity index (χ0n) is 32.2. The number of hydrogen-bond donors (Lipinski definition) is 10. The fraction of sp³-hybridized carbons (Fsp3) is 0.556. The number of amides is 8. The average Bonchev–Trinajstić information content (AvgIpc) is 3.54. The van der Waals surface area contributed by atoms with Gasteiger partial charge in [0.25, 0.3) is 0 Å². The van der Waals surface area contributed by atoms with Crippen molar-refractivity contribution < 1.29 is 43.5 Å². The SMILES string of the molecule is CC(=O)N[C@H](C(=O)N[C@H]1CSSC[C@@H](C(=O)N[C@@H](Cc2cc3ccccc3[nH]2)C(N)=O)NC(=O)[C@H](CC(C)C)NC(=O)[C@H](C)NC(=O)[C@H](CO)NC1=O)C(C)C. The molecule has 1 saturated heterocycles. The second kappa shape index (κ2) is 21.5. The average molecular weight is 820 g/mol. The Balaban J connectivity index is 1.94. The van der Waals surface area contributed by atoms with Crippen LogP contribution in [0.1, 0.15) is 53.7 Å². The summed E-state index contributed by atoms with van der Waals surface area (Å²) in [6.07, 6.45) is 0.181. The molecule has 18 nitrogen and oxygen atoms in total. The number of fused-ring (bicyclic) bond motifs is 1. The molecule has 1 aliphatic rings. The minimum absolute atomic E-state index is 0.0229. The van der Waals surface area contributed by atoms with Gasteiger partial charge in [0.15, 0.2) is 0 Å². The first kappa shape index (κ1) is 45.6. The second-order valence-electron chi connectivity index (χ2n) is 14.3. The molecular weight excluding hydrogens is 767 g/mol. The molecule has 56 heavy (non-hydrogen) atoms. The van der Waals surface area contributed by atoms with E-state index in [1.54, 1.807) is 13.8 Å². The minimum atomic E-state index is -1.52. The van der Waals surface area contributed by atoms with Crippen molar-refractivity contribution >= 4 is 79.7 Å². The Hall–Kier alpha value is -4.82. The molecule has 3 rings (SSSR count). The van der Waals surface area contributed by atoms with Gasteiger partial charge in [0, 0.05) is 36.1 Å². The fourth-order valence-corrected chi connectivity index (χ4v) is 8.02. The lowest BCUT2D eigenvalue weighted by molar-refractivity contribution is -0.135. The highest BCUT2D eigenvalue weighted by molar-refractivity contribution is 8.76. The number of aliphatic hydroxyl groups is 1. The summed E-state index contributed by atoms with van der Waals surface area (Å²) in [4.78, 5) is 109. The van der Waals surface area contributed by atoms with Crippen LogP contribution >= 0.6 is 21.6 Å². The lowest BCUT2D eigenvalue weighted by Gasteiger charge is -2.26. The summed E-state index contributed by atoms with van der Waals surface area (Å²) >= 11 is 0. The number of hydrogen-bond acceptors (Lipinski definition) is 11. The quantitative estimate of drug-likeness (QED) is 0.113. The van der Waals surface area contributed by atoms with Crippen LogP contribution < -0.4 is 43.0 Å². The van der Waals surface area contributed by atoms with E-state index >= 15 is 0 Å². The minimum Gasteiger partial charge on any atom is -0.394 e. The molecule has 1 fully saturated rings. The number of aromatic nitrogens is 1. The number of rotatable bonds is 12. The highest BCUT2D eigenvalue weighted by atomic mass is 33.1. The van der Waals surface area contributed by atoms with Crippen molar-refractivity contribution in [2.24, 2.45) is 17.6 Å². The Morgan fingerprint density at radius 1 is 0.875 bits per heavy atom. The monoisotopic (exact) mass is 819 g/mol. The summed E-state index contributed by atoms with van der Waals surface area (Å²) < 4.78 is 0. The molecule has 20 heteroatoms. The molecule has 0 bridgehead atoms. The first-order valence-electron chi connectivity index (χ1n) is 18.2. The van der Waals surface area contributed by atoms with Crippen molar-refractivity contribution in [1.29, 1.82) is 0 Å². The van der Waals surface area contributed by atoms with Crippen molar-refractivity contribution in [3.63, 3.8) is 0 Å². The third-order valence-corrected chi connectivity index (χ3v) is 11.1. The number of benzene rings is 1. The molecule has 0 spiro atoms. The molecule has 8 amide bonds. The van der Waals surface area contributed by atoms with Crippen LogP contribution in [0.5, 0.6) is 0 Å². The Labute approximate surface area is 332 Å². The number of aromatic amines is 1. The van der Waals surface area contributed by atoms with Gasteiger partial charge in [0.1, 0.15) is 42.3 Å². The molecule has 0 radical (unpaired) electrons. The maximum Gasteiger partial charge on any atom is 0.245 e. The van der Waals surface area contributed by atoms with Crippen LogP contribution in [-0.2, 0) is 44.8 Å². The van der Waals surface area contributed by atoms with E-state index in [1.807, 2.05) is 44.2 Å². The van der Waals surface area contributed by atoms with Crippen molar-refractivity contribution in [1.82, 2.24) is 42.2 Å². The highest BCUT2D eigenvalue weighted by Gasteiger charge is 2.34. The van der Waals surface area contributed by atoms with Gasteiger partial charge >= 0.3 is 0 Å². The molecule has 2 aromatic rings. The predicted octanol–water partition coefficient (Wildman–Crippen LogP) is -1.28. The van der Waals surface area contributed by atoms with E-state index < -0.39 is 96.2 Å². The molecule has 11 N–H and O–H groups in total. The maximum atomic E-state index is 13.9. The van der Waals surface area contributed by atoms with Gasteiger partial charge in [-0.1, -0.05) is 67.5 Å². The van der Waals surface area contributed by atoms with Crippen LogP contribution in [0.4, 0.5) is 0 Å². The van der Waals surface area contributed by atoms with Crippen LogP contribution in [0.25, 0.3) is 10.9 Å². The summed E-state index contributed by atoms with van der Waals surface area (Å²) in [7, 11) is 2.11. The van der Waals surface area contributed by atoms with Crippen LogP contribution in [0.3, 0.4) is 0 Å². The maximum absolute atomic E-state index is 13.9. The van der Waals surface area contributed by atoms with E-state index in [2.05, 4.69) is 42.2 Å². The Morgan fingerprint density at radius 2 is 1.52 bits per heavy atom. The van der Waals surface area contributed by atoms with Gasteiger partial charge in [0.2, 0.25) is 47.3 Å². The summed E-state index contributed by atoms with van der Waals surface area (Å²) in [6.45, 7) is 8.79. The van der Waals surface area contributed by atoms with Gasteiger partial charge in [-0.05, 0) is 42.7 Å². The van der Waals surface area contributed by atoms with Crippen LogP contribution in [0, 0.1) is 11.8 Å². The second-order valence-corrected chi connectivity index (χ2v) is 16.9. The molecule has 1 aromatic heterocycles. The fourth-order valence-electron chi connectivity index (χ4n) is 5.69. The largest absolute Gasteiger partial charge is 0.394 e. The van der Waals surface area contributed by atoms with Gasteiger partial charge in [-0.3, -0.25) is 38.4 Å². The number of aliphatic hydroxyl groups excluding tert-OH is 1. The van der Waals surface area contributed by atoms with Gasteiger partial charge in [-0.2, -0.15) is 0 Å². The molecular formula is C36H53N9O9S2. The Kier molecular flexibility index (Phi) is 17.5. The summed E-state index contributed by atoms with van der Waals surface area (Å²) in [5, 5.41) is 28.8. The van der Waals surface area contributed by atoms with E-state index in [1.165, 1.54) is 13.8 Å². The first-order chi connectivity index (χ1) is 26.4. The van der Waals surface area contributed by atoms with Crippen molar-refractivity contribution in [2.45, 2.75) is 96.7 Å². The molecule has 1 aromatic carbocycles. The number of para-hydroxylation sites is 1. The Bertz CT molecular complexity index is 1720. The topological polar surface area (TPSA) is 283 Å². The van der Waals surface area contributed by atoms with Gasteiger partial charge in [0.05, 0.1) is 6.61 Å².